The summed E-state index contributed by atoms with van der Waals surface area (Å²) in [6, 6.07) is 14.6. The van der Waals surface area contributed by atoms with Gasteiger partial charge in [-0.1, -0.05) is 78.3 Å². The zero-order chi connectivity index (χ0) is 24.4. The highest BCUT2D eigenvalue weighted by Gasteiger charge is 2.55. The third-order valence-electron chi connectivity index (χ3n) is 7.54. The highest BCUT2D eigenvalue weighted by atomic mass is 32.2. The fourth-order valence-corrected chi connectivity index (χ4v) is 6.29. The van der Waals surface area contributed by atoms with Crippen LogP contribution < -0.4 is 11.1 Å². The maximum atomic E-state index is 13.4. The lowest BCUT2D eigenvalue weighted by Gasteiger charge is -2.57. The van der Waals surface area contributed by atoms with Gasteiger partial charge in [0.25, 0.3) is 5.91 Å². The van der Waals surface area contributed by atoms with Crippen molar-refractivity contribution in [3.05, 3.63) is 64.7 Å². The Labute approximate surface area is 204 Å². The molecule has 0 aromatic heterocycles. The molecule has 1 fully saturated rings. The number of carbonyl (C=O) groups excluding carboxylic acids is 1. The number of rotatable bonds is 4. The molecule has 0 atom stereocenters. The second-order valence-corrected chi connectivity index (χ2v) is 11.7. The van der Waals surface area contributed by atoms with Gasteiger partial charge in [-0.2, -0.15) is 0 Å². The molecule has 2 aromatic carbocycles. The Balaban J connectivity index is 0.00000149. The Hall–Kier alpha value is -1.82. The topological polar surface area (TPSA) is 58.4 Å². The molecule has 2 aliphatic rings. The molecule has 5 heteroatoms. The number of hydrogen-bond donors (Lipinski definition) is 2. The van der Waals surface area contributed by atoms with Gasteiger partial charge in [-0.25, -0.2) is 4.31 Å². The summed E-state index contributed by atoms with van der Waals surface area (Å²) in [5, 5.41) is 3.26. The van der Waals surface area contributed by atoms with Crippen LogP contribution in [0.15, 0.2) is 47.4 Å². The van der Waals surface area contributed by atoms with Crippen molar-refractivity contribution in [1.82, 2.24) is 9.62 Å². The number of nitrogens with two attached hydrogens (primary N) is 1. The Bertz CT molecular complexity index is 957. The van der Waals surface area contributed by atoms with Gasteiger partial charge in [-0.15, -0.1) is 0 Å². The molecule has 1 amide bonds. The van der Waals surface area contributed by atoms with Crippen LogP contribution in [0.1, 0.15) is 87.9 Å². The number of amides is 1. The van der Waals surface area contributed by atoms with E-state index in [-0.39, 0.29) is 16.7 Å². The minimum Gasteiger partial charge on any atom is -0.333 e. The van der Waals surface area contributed by atoms with Crippen LogP contribution in [-0.4, -0.2) is 15.9 Å². The van der Waals surface area contributed by atoms with Crippen molar-refractivity contribution >= 4 is 17.9 Å². The summed E-state index contributed by atoms with van der Waals surface area (Å²) in [4.78, 5) is 14.5. The van der Waals surface area contributed by atoms with Crippen LogP contribution in [0, 0.1) is 17.8 Å². The van der Waals surface area contributed by atoms with Gasteiger partial charge >= 0.3 is 0 Å². The molecule has 1 aliphatic heterocycles. The standard InChI is InChI=1S/C26H35N3OS.C2H6/c1-18-11-12-19(15-22(18)31-29-16-20-9-6-7-10-21(20)17-29)23(30)28-26(27)24(2,3)13-8-14-25(26,4)5;1-2/h6-7,9-12,15H,8,13-14,16-17,27H2,1-5H3,(H,28,30);1-2H3. The molecule has 3 N–H and O–H groups in total. The van der Waals surface area contributed by atoms with E-state index in [0.29, 0.717) is 5.56 Å². The predicted octanol–water partition coefficient (Wildman–Crippen LogP) is 6.67. The third kappa shape index (κ3) is 5.01. The quantitative estimate of drug-likeness (QED) is 0.390. The Kier molecular flexibility index (Phi) is 7.67. The fraction of sp³-hybridized carbons (Fsp3) is 0.536. The molecule has 0 spiro atoms. The monoisotopic (exact) mass is 467 g/mol. The van der Waals surface area contributed by atoms with Crippen LogP contribution in [0.4, 0.5) is 0 Å². The van der Waals surface area contributed by atoms with Crippen LogP contribution >= 0.6 is 11.9 Å². The first kappa shape index (κ1) is 25.8. The average Bonchev–Trinajstić information content (AvgIpc) is 3.17. The van der Waals surface area contributed by atoms with Crippen molar-refractivity contribution in [1.29, 1.82) is 0 Å². The molecule has 1 saturated carbocycles. The molecule has 0 radical (unpaired) electrons. The molecule has 33 heavy (non-hydrogen) atoms. The maximum Gasteiger partial charge on any atom is 0.252 e. The highest BCUT2D eigenvalue weighted by molar-refractivity contribution is 7.97. The zero-order valence-electron chi connectivity index (χ0n) is 21.4. The molecule has 1 aliphatic carbocycles. The van der Waals surface area contributed by atoms with Crippen LogP contribution in [0.3, 0.4) is 0 Å². The molecule has 1 heterocycles. The van der Waals surface area contributed by atoms with Gasteiger partial charge < -0.3 is 11.1 Å². The van der Waals surface area contributed by atoms with Crippen molar-refractivity contribution in [2.45, 2.75) is 91.4 Å². The van der Waals surface area contributed by atoms with Gasteiger partial charge in [-0.05, 0) is 60.5 Å². The molecular weight excluding hydrogens is 426 g/mol. The molecule has 2 aromatic rings. The van der Waals surface area contributed by atoms with E-state index in [9.17, 15) is 4.79 Å². The van der Waals surface area contributed by atoms with Gasteiger partial charge in [0.1, 0.15) is 0 Å². The highest BCUT2D eigenvalue weighted by Crippen LogP contribution is 2.51. The minimum atomic E-state index is -0.760. The molecular formula is C28H41N3OS. The smallest absolute Gasteiger partial charge is 0.252 e. The van der Waals surface area contributed by atoms with Gasteiger partial charge in [0, 0.05) is 34.4 Å². The largest absolute Gasteiger partial charge is 0.333 e. The van der Waals surface area contributed by atoms with Gasteiger partial charge in [-0.3, -0.25) is 4.79 Å². The van der Waals surface area contributed by atoms with E-state index in [0.717, 1.165) is 37.2 Å². The number of nitrogens with zero attached hydrogens (tertiary/aromatic N) is 1. The summed E-state index contributed by atoms with van der Waals surface area (Å²) in [6.07, 6.45) is 3.16. The van der Waals surface area contributed by atoms with E-state index in [1.165, 1.54) is 16.7 Å². The fourth-order valence-electron chi connectivity index (χ4n) is 5.22. The lowest BCUT2D eigenvalue weighted by atomic mass is 9.56. The summed E-state index contributed by atoms with van der Waals surface area (Å²) >= 11 is 1.73. The number of carbonyl (C=O) groups is 1. The van der Waals surface area contributed by atoms with Crippen LogP contribution in [-0.2, 0) is 13.1 Å². The maximum absolute atomic E-state index is 13.4. The van der Waals surface area contributed by atoms with Crippen molar-refractivity contribution in [2.24, 2.45) is 16.6 Å². The molecule has 0 unspecified atom stereocenters. The van der Waals surface area contributed by atoms with E-state index >= 15 is 0 Å². The van der Waals surface area contributed by atoms with Gasteiger partial charge in [0.15, 0.2) is 0 Å². The molecule has 4 nitrogen and oxygen atoms in total. The lowest BCUT2D eigenvalue weighted by Crippen LogP contribution is -2.73. The number of aryl methyl sites for hydroxylation is 1. The third-order valence-corrected chi connectivity index (χ3v) is 8.69. The molecule has 4 rings (SSSR count). The van der Waals surface area contributed by atoms with E-state index < -0.39 is 5.66 Å². The second-order valence-electron chi connectivity index (χ2n) is 10.5. The van der Waals surface area contributed by atoms with Crippen molar-refractivity contribution in [3.8, 4) is 0 Å². The second kappa shape index (κ2) is 9.81. The summed E-state index contributed by atoms with van der Waals surface area (Å²) in [5.74, 6) is -0.0860. The van der Waals surface area contributed by atoms with Crippen molar-refractivity contribution < 1.29 is 4.79 Å². The van der Waals surface area contributed by atoms with Crippen molar-refractivity contribution in [2.75, 3.05) is 0 Å². The van der Waals surface area contributed by atoms with Crippen molar-refractivity contribution in [3.63, 3.8) is 0 Å². The molecule has 0 bridgehead atoms. The van der Waals surface area contributed by atoms with Gasteiger partial charge in [0.2, 0.25) is 0 Å². The summed E-state index contributed by atoms with van der Waals surface area (Å²) < 4.78 is 2.35. The Morgan fingerprint density at radius 2 is 1.52 bits per heavy atom. The first-order chi connectivity index (χ1) is 15.5. The zero-order valence-corrected chi connectivity index (χ0v) is 22.2. The normalized spacial score (nSPS) is 20.4. The summed E-state index contributed by atoms with van der Waals surface area (Å²) in [6.45, 7) is 16.7. The summed E-state index contributed by atoms with van der Waals surface area (Å²) in [7, 11) is 0. The molecule has 180 valence electrons. The van der Waals surface area contributed by atoms with Gasteiger partial charge in [0.05, 0.1) is 5.66 Å². The Morgan fingerprint density at radius 3 is 2.06 bits per heavy atom. The number of fused-ring (bicyclic) bond motifs is 1. The predicted molar refractivity (Wildman–Crippen MR) is 140 cm³/mol. The minimum absolute atomic E-state index is 0.0860. The van der Waals surface area contributed by atoms with E-state index in [1.807, 2.05) is 32.0 Å². The van der Waals surface area contributed by atoms with E-state index in [2.05, 4.69) is 68.5 Å². The number of nitrogens with one attached hydrogen (secondary N) is 1. The first-order valence-electron chi connectivity index (χ1n) is 12.2. The lowest BCUT2D eigenvalue weighted by molar-refractivity contribution is -0.0368. The van der Waals surface area contributed by atoms with Crippen LogP contribution in [0.25, 0.3) is 0 Å². The number of benzene rings is 2. The van der Waals surface area contributed by atoms with E-state index in [1.54, 1.807) is 11.9 Å². The molecule has 0 saturated heterocycles. The Morgan fingerprint density at radius 1 is 0.970 bits per heavy atom. The number of hydrogen-bond acceptors (Lipinski definition) is 4. The average molecular weight is 468 g/mol. The van der Waals surface area contributed by atoms with E-state index in [4.69, 9.17) is 5.73 Å². The van der Waals surface area contributed by atoms with Crippen LogP contribution in [0.5, 0.6) is 0 Å². The first-order valence-corrected chi connectivity index (χ1v) is 13.0. The SMILES string of the molecule is CC.Cc1ccc(C(=O)NC2(N)C(C)(C)CCCC2(C)C)cc1SN1Cc2ccccc2C1. The van der Waals surface area contributed by atoms with Crippen LogP contribution in [0.2, 0.25) is 0 Å². The summed E-state index contributed by atoms with van der Waals surface area (Å²) in [5.41, 5.74) is 10.5.